The second kappa shape index (κ2) is 6.50. The third kappa shape index (κ3) is 3.63. The van der Waals surface area contributed by atoms with Gasteiger partial charge in [0.15, 0.2) is 0 Å². The van der Waals surface area contributed by atoms with Gasteiger partial charge in [-0.3, -0.25) is 4.79 Å². The minimum Gasteiger partial charge on any atom is -0.496 e. The quantitative estimate of drug-likeness (QED) is 0.822. The summed E-state index contributed by atoms with van der Waals surface area (Å²) in [7, 11) is 1.56. The number of halogens is 1. The fraction of sp³-hybridized carbons (Fsp3) is 0.462. The van der Waals surface area contributed by atoms with Gasteiger partial charge in [-0.25, -0.2) is 0 Å². The first-order valence-electron chi connectivity index (χ1n) is 5.63. The zero-order valence-electron chi connectivity index (χ0n) is 10.4. The lowest BCUT2D eigenvalue weighted by Crippen LogP contribution is -2.35. The van der Waals surface area contributed by atoms with Crippen molar-refractivity contribution in [1.29, 1.82) is 0 Å². The number of ether oxygens (including phenoxy) is 1. The molecule has 1 unspecified atom stereocenters. The Bertz CT molecular complexity index is 389. The second-order valence-corrected chi connectivity index (χ2v) is 4.25. The molecule has 0 spiro atoms. The maximum atomic E-state index is 12.1. The van der Waals surface area contributed by atoms with Crippen LogP contribution in [0.25, 0.3) is 0 Å². The summed E-state index contributed by atoms with van der Waals surface area (Å²) in [5, 5.41) is 2.88. The van der Waals surface area contributed by atoms with Crippen LogP contribution < -0.4 is 10.1 Å². The zero-order chi connectivity index (χ0) is 12.8. The molecule has 0 aliphatic carbocycles. The maximum absolute atomic E-state index is 12.1. The molecule has 0 aliphatic rings. The molecule has 0 heterocycles. The van der Waals surface area contributed by atoms with Crippen LogP contribution in [-0.4, -0.2) is 24.9 Å². The van der Waals surface area contributed by atoms with Gasteiger partial charge < -0.3 is 10.1 Å². The van der Waals surface area contributed by atoms with E-state index >= 15 is 0 Å². The van der Waals surface area contributed by atoms with Gasteiger partial charge >= 0.3 is 0 Å². The van der Waals surface area contributed by atoms with Crippen LogP contribution in [0.3, 0.4) is 0 Å². The van der Waals surface area contributed by atoms with Gasteiger partial charge in [0.2, 0.25) is 0 Å². The van der Waals surface area contributed by atoms with Crippen molar-refractivity contribution in [1.82, 2.24) is 5.32 Å². The van der Waals surface area contributed by atoms with E-state index in [1.807, 2.05) is 26.0 Å². The standard InChI is InChI=1S/C13H18ClNO2/c1-4-10(8-14)15-13(16)11-7-9(2)5-6-12(11)17-3/h5-7,10H,4,8H2,1-3H3,(H,15,16). The zero-order valence-corrected chi connectivity index (χ0v) is 11.2. The molecule has 1 amide bonds. The van der Waals surface area contributed by atoms with E-state index in [1.54, 1.807) is 13.2 Å². The normalized spacial score (nSPS) is 12.0. The highest BCUT2D eigenvalue weighted by Gasteiger charge is 2.15. The third-order valence-electron chi connectivity index (χ3n) is 2.61. The Balaban J connectivity index is 2.90. The molecule has 94 valence electrons. The van der Waals surface area contributed by atoms with Gasteiger partial charge in [-0.05, 0) is 25.5 Å². The molecule has 0 bridgehead atoms. The molecular weight excluding hydrogens is 238 g/mol. The van der Waals surface area contributed by atoms with Crippen LogP contribution in [0.4, 0.5) is 0 Å². The number of rotatable bonds is 5. The molecule has 0 saturated carbocycles. The molecule has 0 radical (unpaired) electrons. The molecule has 0 fully saturated rings. The van der Waals surface area contributed by atoms with E-state index < -0.39 is 0 Å². The Morgan fingerprint density at radius 1 is 1.53 bits per heavy atom. The molecule has 0 aromatic heterocycles. The highest BCUT2D eigenvalue weighted by molar-refractivity contribution is 6.18. The van der Waals surface area contributed by atoms with Crippen molar-refractivity contribution in [3.8, 4) is 5.75 Å². The average molecular weight is 256 g/mol. The number of amides is 1. The van der Waals surface area contributed by atoms with Gasteiger partial charge in [-0.1, -0.05) is 18.6 Å². The van der Waals surface area contributed by atoms with Crippen LogP contribution in [0, 0.1) is 6.92 Å². The van der Waals surface area contributed by atoms with Crippen molar-refractivity contribution in [2.45, 2.75) is 26.3 Å². The number of methoxy groups -OCH3 is 1. The lowest BCUT2D eigenvalue weighted by Gasteiger charge is -2.15. The first-order chi connectivity index (χ1) is 8.12. The number of carbonyl (C=O) groups is 1. The van der Waals surface area contributed by atoms with E-state index in [0.29, 0.717) is 17.2 Å². The van der Waals surface area contributed by atoms with E-state index in [-0.39, 0.29) is 11.9 Å². The summed E-state index contributed by atoms with van der Waals surface area (Å²) in [5.41, 5.74) is 1.57. The molecule has 0 saturated heterocycles. The van der Waals surface area contributed by atoms with E-state index in [4.69, 9.17) is 16.3 Å². The number of alkyl halides is 1. The summed E-state index contributed by atoms with van der Waals surface area (Å²) in [5.74, 6) is 0.853. The lowest BCUT2D eigenvalue weighted by atomic mass is 10.1. The Hall–Kier alpha value is -1.22. The molecular formula is C13H18ClNO2. The van der Waals surface area contributed by atoms with Gasteiger partial charge in [0.25, 0.3) is 5.91 Å². The Morgan fingerprint density at radius 3 is 2.76 bits per heavy atom. The van der Waals surface area contributed by atoms with Gasteiger partial charge in [0, 0.05) is 11.9 Å². The van der Waals surface area contributed by atoms with Crippen LogP contribution in [0.2, 0.25) is 0 Å². The van der Waals surface area contributed by atoms with Crippen LogP contribution in [-0.2, 0) is 0 Å². The number of hydrogen-bond acceptors (Lipinski definition) is 2. The number of carbonyl (C=O) groups excluding carboxylic acids is 1. The molecule has 1 N–H and O–H groups in total. The summed E-state index contributed by atoms with van der Waals surface area (Å²) in [6.07, 6.45) is 0.809. The predicted octanol–water partition coefficient (Wildman–Crippen LogP) is 2.75. The molecule has 1 aromatic rings. The third-order valence-corrected chi connectivity index (χ3v) is 2.99. The van der Waals surface area contributed by atoms with Crippen LogP contribution >= 0.6 is 11.6 Å². The number of hydrogen-bond donors (Lipinski definition) is 1. The summed E-state index contributed by atoms with van der Waals surface area (Å²) in [6, 6.07) is 5.52. The van der Waals surface area contributed by atoms with Crippen LogP contribution in [0.15, 0.2) is 18.2 Å². The predicted molar refractivity (Wildman–Crippen MR) is 70.0 cm³/mol. The molecule has 1 aromatic carbocycles. The van der Waals surface area contributed by atoms with Crippen LogP contribution in [0.1, 0.15) is 29.3 Å². The van der Waals surface area contributed by atoms with E-state index in [9.17, 15) is 4.79 Å². The van der Waals surface area contributed by atoms with Gasteiger partial charge in [0.05, 0.1) is 12.7 Å². The molecule has 1 atom stereocenters. The minimum atomic E-state index is -0.141. The number of benzene rings is 1. The van der Waals surface area contributed by atoms with Gasteiger partial charge in [-0.2, -0.15) is 0 Å². The summed E-state index contributed by atoms with van der Waals surface area (Å²) >= 11 is 5.76. The molecule has 3 nitrogen and oxygen atoms in total. The van der Waals surface area contributed by atoms with Crippen LogP contribution in [0.5, 0.6) is 5.75 Å². The van der Waals surface area contributed by atoms with Crippen molar-refractivity contribution < 1.29 is 9.53 Å². The number of aryl methyl sites for hydroxylation is 1. The molecule has 17 heavy (non-hydrogen) atoms. The summed E-state index contributed by atoms with van der Waals surface area (Å²) in [4.78, 5) is 12.1. The van der Waals surface area contributed by atoms with Crippen molar-refractivity contribution >= 4 is 17.5 Å². The van der Waals surface area contributed by atoms with Crippen molar-refractivity contribution in [3.63, 3.8) is 0 Å². The topological polar surface area (TPSA) is 38.3 Å². The highest BCUT2D eigenvalue weighted by Crippen LogP contribution is 2.19. The Kier molecular flexibility index (Phi) is 5.29. The van der Waals surface area contributed by atoms with E-state index in [1.165, 1.54) is 0 Å². The van der Waals surface area contributed by atoms with E-state index in [0.717, 1.165) is 12.0 Å². The first kappa shape index (κ1) is 13.8. The molecule has 0 aliphatic heterocycles. The average Bonchev–Trinajstić information content (AvgIpc) is 2.35. The monoisotopic (exact) mass is 255 g/mol. The lowest BCUT2D eigenvalue weighted by molar-refractivity contribution is 0.0936. The van der Waals surface area contributed by atoms with Gasteiger partial charge in [-0.15, -0.1) is 11.6 Å². The fourth-order valence-electron chi connectivity index (χ4n) is 1.51. The van der Waals surface area contributed by atoms with Crippen molar-refractivity contribution in [2.75, 3.05) is 13.0 Å². The van der Waals surface area contributed by atoms with Gasteiger partial charge in [0.1, 0.15) is 5.75 Å². The molecule has 4 heteroatoms. The fourth-order valence-corrected chi connectivity index (χ4v) is 1.81. The first-order valence-corrected chi connectivity index (χ1v) is 6.17. The molecule has 1 rings (SSSR count). The maximum Gasteiger partial charge on any atom is 0.255 e. The number of nitrogens with one attached hydrogen (secondary N) is 1. The second-order valence-electron chi connectivity index (χ2n) is 3.94. The smallest absolute Gasteiger partial charge is 0.255 e. The SMILES string of the molecule is CCC(CCl)NC(=O)c1cc(C)ccc1OC. The Morgan fingerprint density at radius 2 is 2.24 bits per heavy atom. The van der Waals surface area contributed by atoms with Crippen molar-refractivity contribution in [3.05, 3.63) is 29.3 Å². The summed E-state index contributed by atoms with van der Waals surface area (Å²) in [6.45, 7) is 3.93. The minimum absolute atomic E-state index is 0.00520. The van der Waals surface area contributed by atoms with E-state index in [2.05, 4.69) is 5.32 Å². The Labute approximate surface area is 107 Å². The largest absolute Gasteiger partial charge is 0.496 e. The highest BCUT2D eigenvalue weighted by atomic mass is 35.5. The van der Waals surface area contributed by atoms with Crippen molar-refractivity contribution in [2.24, 2.45) is 0 Å². The summed E-state index contributed by atoms with van der Waals surface area (Å²) < 4.78 is 5.18.